The van der Waals surface area contributed by atoms with Crippen LogP contribution in [-0.4, -0.2) is 4.51 Å². The van der Waals surface area contributed by atoms with Gasteiger partial charge < -0.3 is 0 Å². The van der Waals surface area contributed by atoms with E-state index in [0.717, 1.165) is 22.6 Å². The van der Waals surface area contributed by atoms with Gasteiger partial charge in [0.25, 0.3) is 0 Å². The molecule has 0 atom stereocenters. The molecule has 0 aliphatic rings. The molecular formula is C45H2F28I2. The smallest absolute Gasteiger partial charge is 0.198 e. The van der Waals surface area contributed by atoms with E-state index in [1.807, 2.05) is 0 Å². The largest absolute Gasteiger partial charge is 0.205 e. The van der Waals surface area contributed by atoms with Crippen LogP contribution in [0.3, 0.4) is 0 Å². The molecule has 0 fully saturated rings. The summed E-state index contributed by atoms with van der Waals surface area (Å²) >= 11 is -0.986. The van der Waals surface area contributed by atoms with E-state index in [-0.39, 0.29) is 0 Å². The third-order valence-corrected chi connectivity index (χ3v) is 15.0. The Kier molecular flexibility index (Phi) is 13.7. The molecule has 30 heteroatoms. The second kappa shape index (κ2) is 18.7. The maximum Gasteiger partial charge on any atom is 0.198 e. The molecule has 0 saturated carbocycles. The van der Waals surface area contributed by atoms with Gasteiger partial charge in [0.15, 0.2) is 151 Å². The molecule has 0 aliphatic carbocycles. The van der Waals surface area contributed by atoms with Crippen LogP contribution in [0.1, 0.15) is 0 Å². The maximum absolute atomic E-state index is 16.0. The summed E-state index contributed by atoms with van der Waals surface area (Å²) in [6, 6.07) is 0. The molecule has 8 rings (SSSR count). The standard InChI is InChI=1S/C45H2F28I2/c1-75-45-15-14(40(70)43(73)44(45)74)37(67)19(49)4(17(15)47)6-22(52)27(57)9(28(58)23(6)53)11-31(61)35(65)13(36(66)32(11)62)12-33(63)29(59)10(30(60)34(12)64)8-25(55)20(50)5(21(51)26(8)56)2-16(46)3-7(24(54)18(2)48)39(69)42(72)41(71)38(3)68/h1H2. The van der Waals surface area contributed by atoms with Crippen LogP contribution in [0, 0.1) is 170 Å². The van der Waals surface area contributed by atoms with E-state index in [4.69, 9.17) is 0 Å². The van der Waals surface area contributed by atoms with Gasteiger partial charge in [-0.15, -0.1) is 0 Å². The highest BCUT2D eigenvalue weighted by molar-refractivity contribution is 14.2. The third kappa shape index (κ3) is 7.31. The number of fused-ring (bicyclic) bond motifs is 2. The molecule has 392 valence electrons. The number of hydrogen-bond acceptors (Lipinski definition) is 0. The van der Waals surface area contributed by atoms with Crippen molar-refractivity contribution in [3.8, 4) is 55.6 Å². The van der Waals surface area contributed by atoms with Gasteiger partial charge in [0.05, 0.1) is 75.4 Å². The minimum Gasteiger partial charge on any atom is -0.205 e. The number of benzene rings is 8. The lowest BCUT2D eigenvalue weighted by atomic mass is 9.90. The molecule has 0 aliphatic heterocycles. The highest BCUT2D eigenvalue weighted by Gasteiger charge is 2.43. The zero-order chi connectivity index (χ0) is 56.1. The van der Waals surface area contributed by atoms with Crippen LogP contribution < -0.4 is 0 Å². The Bertz CT molecular complexity index is 3900. The summed E-state index contributed by atoms with van der Waals surface area (Å²) in [7, 11) is 0. The molecule has 0 saturated heterocycles. The SMILES string of the molecule is C=Ic1c(I)c(F)c(F)c2c(F)c(F)c(-c3c(F)c(F)c(-c4c(F)c(F)c(-c5c(F)c(F)c(-c6c(F)c(F)c(-c7c(F)c(F)c8c(F)c(F)c(F)c(F)c8c7F)c(F)c6F)c(F)c5F)c(F)c4F)c(F)c3F)c(F)c12. The molecule has 0 radical (unpaired) electrons. The predicted octanol–water partition coefficient (Wildman–Crippen LogP) is 17.4. The van der Waals surface area contributed by atoms with E-state index < -0.39 is 268 Å². The molecule has 0 bridgehead atoms. The predicted molar refractivity (Wildman–Crippen MR) is 220 cm³/mol. The Balaban J connectivity index is 1.32. The minimum absolute atomic E-state index is 0.749. The van der Waals surface area contributed by atoms with Crippen molar-refractivity contribution in [2.24, 2.45) is 0 Å². The van der Waals surface area contributed by atoms with Gasteiger partial charge in [0.1, 0.15) is 11.6 Å². The monoisotopic (exact) mass is 1330 g/mol. The lowest BCUT2D eigenvalue weighted by Crippen LogP contribution is -2.13. The first kappa shape index (κ1) is 54.9. The summed E-state index contributed by atoms with van der Waals surface area (Å²) in [5, 5.41) is -8.34. The van der Waals surface area contributed by atoms with Gasteiger partial charge in [-0.05, 0) is 22.6 Å². The Morgan fingerprint density at radius 2 is 0.333 bits per heavy atom. The first-order valence-electron chi connectivity index (χ1n) is 18.7. The lowest BCUT2D eigenvalue weighted by Gasteiger charge is -2.19. The fourth-order valence-electron chi connectivity index (χ4n) is 7.82. The van der Waals surface area contributed by atoms with E-state index in [1.54, 1.807) is 0 Å². The van der Waals surface area contributed by atoms with Crippen molar-refractivity contribution in [2.45, 2.75) is 0 Å². The summed E-state index contributed by atoms with van der Waals surface area (Å²) < 4.78 is 430. The van der Waals surface area contributed by atoms with E-state index in [1.165, 1.54) is 0 Å². The van der Waals surface area contributed by atoms with Crippen LogP contribution in [0.5, 0.6) is 0 Å². The Morgan fingerprint density at radius 3 is 0.560 bits per heavy atom. The van der Waals surface area contributed by atoms with Crippen LogP contribution >= 0.6 is 43.3 Å². The van der Waals surface area contributed by atoms with Crippen molar-refractivity contribution in [1.82, 2.24) is 0 Å². The fraction of sp³-hybridized carbons (Fsp3) is 0. The molecule has 0 N–H and O–H groups in total. The van der Waals surface area contributed by atoms with Crippen molar-refractivity contribution in [1.29, 1.82) is 0 Å². The Hall–Kier alpha value is -6.35. The van der Waals surface area contributed by atoms with Crippen LogP contribution in [0.25, 0.3) is 77.2 Å². The van der Waals surface area contributed by atoms with Gasteiger partial charge in [-0.2, -0.15) is 0 Å². The van der Waals surface area contributed by atoms with Crippen molar-refractivity contribution in [3.63, 3.8) is 0 Å². The van der Waals surface area contributed by atoms with Gasteiger partial charge in [0, 0.05) is 8.96 Å². The summed E-state index contributed by atoms with van der Waals surface area (Å²) in [4.78, 5) is 0. The van der Waals surface area contributed by atoms with Crippen LogP contribution in [-0.2, 0) is 0 Å². The average Bonchev–Trinajstić information content (AvgIpc) is 3.37. The highest BCUT2D eigenvalue weighted by Crippen LogP contribution is 2.50. The van der Waals surface area contributed by atoms with Crippen molar-refractivity contribution in [3.05, 3.63) is 170 Å². The van der Waals surface area contributed by atoms with Crippen LogP contribution in [0.4, 0.5) is 123 Å². The maximum atomic E-state index is 16.0. The van der Waals surface area contributed by atoms with E-state index in [0.29, 0.717) is 0 Å². The van der Waals surface area contributed by atoms with E-state index >= 15 is 92.2 Å². The molecule has 0 amide bonds. The highest BCUT2D eigenvalue weighted by atomic mass is 127. The topological polar surface area (TPSA) is 0 Å². The van der Waals surface area contributed by atoms with Gasteiger partial charge >= 0.3 is 0 Å². The molecule has 8 aromatic carbocycles. The Labute approximate surface area is 416 Å². The quantitative estimate of drug-likeness (QED) is 0.0674. The average molecular weight is 1330 g/mol. The van der Waals surface area contributed by atoms with Crippen molar-refractivity contribution < 1.29 is 123 Å². The number of rotatable bonds is 6. The van der Waals surface area contributed by atoms with Crippen molar-refractivity contribution in [2.75, 3.05) is 0 Å². The first-order chi connectivity index (χ1) is 34.9. The molecule has 75 heavy (non-hydrogen) atoms. The second-order valence-electron chi connectivity index (χ2n) is 14.8. The van der Waals surface area contributed by atoms with Gasteiger partial charge in [-0.25, -0.2) is 123 Å². The van der Waals surface area contributed by atoms with Crippen LogP contribution in [0.15, 0.2) is 0 Å². The third-order valence-electron chi connectivity index (χ3n) is 11.1. The van der Waals surface area contributed by atoms with Gasteiger partial charge in [-0.3, -0.25) is 0 Å². The molecular weight excluding hydrogens is 1330 g/mol. The molecule has 0 unspecified atom stereocenters. The van der Waals surface area contributed by atoms with E-state index in [9.17, 15) is 30.7 Å². The summed E-state index contributed by atoms with van der Waals surface area (Å²) in [6.45, 7) is 0. The van der Waals surface area contributed by atoms with Crippen LogP contribution in [0.2, 0.25) is 0 Å². The molecule has 8 aromatic rings. The first-order valence-corrected chi connectivity index (χ1v) is 22.4. The van der Waals surface area contributed by atoms with Gasteiger partial charge in [0.2, 0.25) is 0 Å². The normalized spacial score (nSPS) is 11.9. The summed E-state index contributed by atoms with van der Waals surface area (Å²) in [5.74, 6) is -88.1. The molecule has 0 aromatic heterocycles. The zero-order valence-electron chi connectivity index (χ0n) is 34.0. The number of halogens is 30. The Morgan fingerprint density at radius 1 is 0.187 bits per heavy atom. The number of hydrogen-bond donors (Lipinski definition) is 0. The summed E-state index contributed by atoms with van der Waals surface area (Å²) in [5.41, 5.74) is -29.3. The molecule has 0 spiro atoms. The second-order valence-corrected chi connectivity index (χ2v) is 17.7. The van der Waals surface area contributed by atoms with Gasteiger partial charge in [-0.1, -0.05) is 25.2 Å². The molecule has 0 nitrogen and oxygen atoms in total. The fourth-order valence-corrected chi connectivity index (χ4v) is 10.7. The van der Waals surface area contributed by atoms with E-state index in [2.05, 4.69) is 4.51 Å². The van der Waals surface area contributed by atoms with Crippen molar-refractivity contribution >= 4 is 69.4 Å². The lowest BCUT2D eigenvalue weighted by molar-refractivity contribution is 0.412. The minimum atomic E-state index is -3.51. The summed E-state index contributed by atoms with van der Waals surface area (Å²) in [6.07, 6.45) is 0. The molecule has 0 heterocycles. The zero-order valence-corrected chi connectivity index (χ0v) is 38.4.